The predicted molar refractivity (Wildman–Crippen MR) is 74.4 cm³/mol. The molecule has 1 aliphatic rings. The summed E-state index contributed by atoms with van der Waals surface area (Å²) < 4.78 is 10.6. The molecule has 7 heteroatoms. The average molecular weight is 399 g/mol. The predicted octanol–water partition coefficient (Wildman–Crippen LogP) is 3.91. The third kappa shape index (κ3) is 2.65. The number of fused-ring (bicyclic) bond motifs is 1. The van der Waals surface area contributed by atoms with Gasteiger partial charge in [0, 0.05) is 12.5 Å². The van der Waals surface area contributed by atoms with E-state index in [4.69, 9.17) is 21.1 Å². The minimum absolute atomic E-state index is 0.0173. The molecule has 2 heterocycles. The van der Waals surface area contributed by atoms with Crippen molar-refractivity contribution in [1.82, 2.24) is 4.98 Å². The van der Waals surface area contributed by atoms with E-state index in [9.17, 15) is 4.79 Å². The number of pyridine rings is 1. The Kier molecular flexibility index (Phi) is 4.18. The van der Waals surface area contributed by atoms with Gasteiger partial charge in [-0.25, -0.2) is 4.98 Å². The summed E-state index contributed by atoms with van der Waals surface area (Å²) in [4.78, 5) is 15.1. The van der Waals surface area contributed by atoms with Crippen molar-refractivity contribution in [1.29, 1.82) is 0 Å². The van der Waals surface area contributed by atoms with Crippen LogP contribution < -0.4 is 4.74 Å². The molecule has 0 saturated heterocycles. The van der Waals surface area contributed by atoms with Crippen LogP contribution in [0.5, 0.6) is 5.75 Å². The van der Waals surface area contributed by atoms with Gasteiger partial charge in [0.2, 0.25) is 0 Å². The van der Waals surface area contributed by atoms with Gasteiger partial charge in [0.25, 0.3) is 0 Å². The van der Waals surface area contributed by atoms with Gasteiger partial charge in [-0.2, -0.15) is 0 Å². The summed E-state index contributed by atoms with van der Waals surface area (Å²) in [6.45, 7) is 3.10. The molecule has 0 aliphatic carbocycles. The second-order valence-electron chi connectivity index (χ2n) is 3.88. The molecule has 0 radical (unpaired) electrons. The number of ether oxygens (including phenoxy) is 2. The van der Waals surface area contributed by atoms with Gasteiger partial charge in [-0.3, -0.25) is 4.79 Å². The molecule has 0 saturated carbocycles. The second kappa shape index (κ2) is 5.35. The number of hydrogen-bond acceptors (Lipinski definition) is 4. The molecule has 18 heavy (non-hydrogen) atoms. The van der Waals surface area contributed by atoms with E-state index in [0.717, 1.165) is 5.56 Å². The quantitative estimate of drug-likeness (QED) is 0.430. The molecular weight excluding hydrogens is 389 g/mol. The Morgan fingerprint density at radius 2 is 2.28 bits per heavy atom. The van der Waals surface area contributed by atoms with Crippen molar-refractivity contribution >= 4 is 49.4 Å². The van der Waals surface area contributed by atoms with Crippen LogP contribution in [-0.4, -0.2) is 16.0 Å². The summed E-state index contributed by atoms with van der Waals surface area (Å²) in [6.07, 6.45) is -0.445. The molecular formula is C11H10Br2ClNO3. The summed E-state index contributed by atoms with van der Waals surface area (Å²) in [5, 5.41) is 0.0824. The van der Waals surface area contributed by atoms with Gasteiger partial charge in [-0.05, 0) is 28.9 Å². The SMILES string of the molecule is CC(=O)OC(C)c1cc2c(c(Cl)n1)OC(Br)C2Br. The second-order valence-corrected chi connectivity index (χ2v) is 6.13. The maximum absolute atomic E-state index is 10.9. The highest BCUT2D eigenvalue weighted by atomic mass is 79.9. The molecule has 1 aliphatic heterocycles. The molecule has 0 aromatic carbocycles. The molecule has 2 rings (SSSR count). The Bertz CT molecular complexity index is 497. The number of esters is 1. The van der Waals surface area contributed by atoms with Crippen molar-refractivity contribution in [3.63, 3.8) is 0 Å². The summed E-state index contributed by atoms with van der Waals surface area (Å²) in [5.74, 6) is 0.199. The molecule has 1 aromatic rings. The van der Waals surface area contributed by atoms with Crippen molar-refractivity contribution in [2.24, 2.45) is 0 Å². The van der Waals surface area contributed by atoms with E-state index in [1.165, 1.54) is 6.92 Å². The Morgan fingerprint density at radius 3 is 2.89 bits per heavy atom. The number of alkyl halides is 2. The number of halogens is 3. The van der Waals surface area contributed by atoms with E-state index >= 15 is 0 Å². The van der Waals surface area contributed by atoms with Gasteiger partial charge < -0.3 is 9.47 Å². The Morgan fingerprint density at radius 1 is 1.61 bits per heavy atom. The summed E-state index contributed by atoms with van der Waals surface area (Å²) in [7, 11) is 0. The van der Waals surface area contributed by atoms with Gasteiger partial charge in [-0.15, -0.1) is 0 Å². The van der Waals surface area contributed by atoms with Crippen LogP contribution in [0.3, 0.4) is 0 Å². The highest BCUT2D eigenvalue weighted by molar-refractivity contribution is 9.12. The van der Waals surface area contributed by atoms with E-state index in [1.807, 2.05) is 6.07 Å². The minimum Gasteiger partial charge on any atom is -0.474 e. The van der Waals surface area contributed by atoms with Crippen molar-refractivity contribution in [2.75, 3.05) is 0 Å². The Balaban J connectivity index is 2.36. The lowest BCUT2D eigenvalue weighted by molar-refractivity contribution is -0.145. The zero-order valence-electron chi connectivity index (χ0n) is 9.62. The maximum Gasteiger partial charge on any atom is 0.303 e. The molecule has 0 fully saturated rings. The molecule has 98 valence electrons. The van der Waals surface area contributed by atoms with Gasteiger partial charge in [0.15, 0.2) is 15.9 Å². The van der Waals surface area contributed by atoms with E-state index in [2.05, 4.69) is 36.8 Å². The lowest BCUT2D eigenvalue weighted by atomic mass is 10.1. The summed E-state index contributed by atoms with van der Waals surface area (Å²) >= 11 is 13.0. The van der Waals surface area contributed by atoms with Gasteiger partial charge in [0.05, 0.1) is 10.5 Å². The van der Waals surface area contributed by atoms with Gasteiger partial charge in [0.1, 0.15) is 6.10 Å². The fourth-order valence-corrected chi connectivity index (χ4v) is 2.86. The first-order valence-corrected chi connectivity index (χ1v) is 7.43. The van der Waals surface area contributed by atoms with Crippen molar-refractivity contribution in [3.8, 4) is 5.75 Å². The number of carbonyl (C=O) groups is 1. The largest absolute Gasteiger partial charge is 0.474 e. The third-order valence-corrected chi connectivity index (χ3v) is 5.15. The van der Waals surface area contributed by atoms with Crippen molar-refractivity contribution < 1.29 is 14.3 Å². The molecule has 0 amide bonds. The molecule has 0 spiro atoms. The van der Waals surface area contributed by atoms with Crippen LogP contribution in [0.2, 0.25) is 5.15 Å². The van der Waals surface area contributed by atoms with Crippen LogP contribution in [0.1, 0.15) is 36.0 Å². The first kappa shape index (κ1) is 14.1. The van der Waals surface area contributed by atoms with Crippen molar-refractivity contribution in [2.45, 2.75) is 29.8 Å². The lowest BCUT2D eigenvalue weighted by Crippen LogP contribution is -2.07. The first-order valence-electron chi connectivity index (χ1n) is 5.22. The van der Waals surface area contributed by atoms with Gasteiger partial charge in [-0.1, -0.05) is 27.5 Å². The van der Waals surface area contributed by atoms with E-state index in [-0.39, 0.29) is 21.0 Å². The third-order valence-electron chi connectivity index (χ3n) is 2.50. The normalized spacial score (nSPS) is 23.2. The number of hydrogen-bond donors (Lipinski definition) is 0. The van der Waals surface area contributed by atoms with Crippen LogP contribution in [-0.2, 0) is 9.53 Å². The standard InChI is InChI=1S/C11H10Br2ClNO3/c1-4(17-5(2)16)7-3-6-8(12)10(13)18-9(6)11(14)15-7/h3-4,8,10H,1-2H3. The van der Waals surface area contributed by atoms with Crippen molar-refractivity contribution in [3.05, 3.63) is 22.5 Å². The molecule has 0 N–H and O–H groups in total. The van der Waals surface area contributed by atoms with Crippen LogP contribution in [0.25, 0.3) is 0 Å². The maximum atomic E-state index is 10.9. The fraction of sp³-hybridized carbons (Fsp3) is 0.455. The smallest absolute Gasteiger partial charge is 0.303 e. The fourth-order valence-electron chi connectivity index (χ4n) is 1.69. The van der Waals surface area contributed by atoms with Crippen LogP contribution in [0, 0.1) is 0 Å². The summed E-state index contributed by atoms with van der Waals surface area (Å²) in [5.41, 5.74) is 1.49. The van der Waals surface area contributed by atoms with E-state index < -0.39 is 6.10 Å². The number of carbonyl (C=O) groups excluding carboxylic acids is 1. The van der Waals surface area contributed by atoms with E-state index in [0.29, 0.717) is 11.4 Å². The van der Waals surface area contributed by atoms with Gasteiger partial charge >= 0.3 is 5.97 Å². The van der Waals surface area contributed by atoms with Crippen LogP contribution in [0.4, 0.5) is 0 Å². The molecule has 3 atom stereocenters. The first-order chi connectivity index (χ1) is 8.40. The van der Waals surface area contributed by atoms with Crippen LogP contribution >= 0.6 is 43.5 Å². The highest BCUT2D eigenvalue weighted by Gasteiger charge is 2.34. The molecule has 0 bridgehead atoms. The Labute approximate surface area is 126 Å². The van der Waals surface area contributed by atoms with Crippen LogP contribution in [0.15, 0.2) is 6.07 Å². The van der Waals surface area contributed by atoms with E-state index in [1.54, 1.807) is 6.92 Å². The molecule has 1 aromatic heterocycles. The zero-order chi connectivity index (χ0) is 13.4. The molecule has 4 nitrogen and oxygen atoms in total. The number of aromatic nitrogens is 1. The average Bonchev–Trinajstić information content (AvgIpc) is 2.56. The summed E-state index contributed by atoms with van der Waals surface area (Å²) in [6, 6.07) is 1.83. The number of nitrogens with zero attached hydrogens (tertiary/aromatic N) is 1. The molecule has 3 unspecified atom stereocenters. The minimum atomic E-state index is -0.445. The number of rotatable bonds is 2. The lowest BCUT2D eigenvalue weighted by Gasteiger charge is -2.13. The highest BCUT2D eigenvalue weighted by Crippen LogP contribution is 2.47. The zero-order valence-corrected chi connectivity index (χ0v) is 13.5. The Hall–Kier alpha value is -0.330. The topological polar surface area (TPSA) is 48.4 Å². The monoisotopic (exact) mass is 397 g/mol.